The Balaban J connectivity index is -0.000000578. The number of hydrogen-bond acceptors (Lipinski definition) is 10. The first-order valence-corrected chi connectivity index (χ1v) is 27.3. The monoisotopic (exact) mass is 893 g/mol. The first-order chi connectivity index (χ1) is 26.9. The fourth-order valence-corrected chi connectivity index (χ4v) is 5.24. The van der Waals surface area contributed by atoms with Crippen LogP contribution in [0.4, 0.5) is 0 Å². The first-order valence-electron chi connectivity index (χ1n) is 20.8. The van der Waals surface area contributed by atoms with Crippen molar-refractivity contribution in [1.82, 2.24) is 15.7 Å². The minimum Gasteiger partial charge on any atom is -0.480 e. The minimum absolute atomic E-state index is 0.0110. The molecule has 0 aromatic heterocycles. The van der Waals surface area contributed by atoms with E-state index < -0.39 is 24.0 Å². The lowest BCUT2D eigenvalue weighted by Gasteiger charge is -2.14. The standard InChI is InChI=1S/C31H59N4O7P.C3H8.2C2H6S2.C2H6/c32-27(36)20-15-13-11-9-7-5-3-1-2-4-6-8-10-12-14-16-21-29(38)34-25(30(39)40)22-23-28(37)33-24-18-17-19-26(35-43)31(41)42;1-3-2;2*1-3-4-2;1-2/h25-26,35H,1-24,43H2,(H2,32,36)(H,33,37)(H,34,38)(H,39,40)(H,41,42);3H2,1-2H3;2*1-2H3;1-2H3/t25-,26?;;;;/m0..../s1. The Morgan fingerprint density at radius 2 is 0.893 bits per heavy atom. The summed E-state index contributed by atoms with van der Waals surface area (Å²) in [4.78, 5) is 57.4. The predicted molar refractivity (Wildman–Crippen MR) is 254 cm³/mol. The zero-order chi connectivity index (χ0) is 43.7. The molecule has 0 radical (unpaired) electrons. The molecule has 3 amide bonds. The molecule has 7 N–H and O–H groups in total. The molecule has 56 heavy (non-hydrogen) atoms. The van der Waals surface area contributed by atoms with Crippen molar-refractivity contribution in [2.75, 3.05) is 31.6 Å². The Morgan fingerprint density at radius 1 is 0.536 bits per heavy atom. The molecular formula is C40H85N4O7PS4. The molecule has 0 heterocycles. The van der Waals surface area contributed by atoms with E-state index in [1.807, 2.05) is 13.8 Å². The number of amides is 3. The van der Waals surface area contributed by atoms with Crippen molar-refractivity contribution >= 4 is 82.2 Å². The highest BCUT2D eigenvalue weighted by molar-refractivity contribution is 8.76. The van der Waals surface area contributed by atoms with E-state index in [1.54, 1.807) is 43.2 Å². The molecule has 0 saturated heterocycles. The van der Waals surface area contributed by atoms with Gasteiger partial charge in [-0.3, -0.25) is 24.3 Å². The number of carbonyl (C=O) groups excluding carboxylic acids is 3. The number of nitrogens with one attached hydrogen (secondary N) is 3. The van der Waals surface area contributed by atoms with Gasteiger partial charge in [-0.15, -0.1) is 0 Å². The third-order valence-corrected chi connectivity index (χ3v) is 11.0. The van der Waals surface area contributed by atoms with Crippen LogP contribution in [0.1, 0.15) is 182 Å². The third-order valence-electron chi connectivity index (χ3n) is 7.94. The molecule has 0 fully saturated rings. The SMILES string of the molecule is CC.CCC.CSSC.CSSC.NC(=O)CCCCCCCCCCCCCCCCCCC(=O)N[C@@H](CCC(=O)NCCCCC(NP)C(=O)O)C(=O)O. The van der Waals surface area contributed by atoms with Crippen LogP contribution in [0.2, 0.25) is 0 Å². The molecule has 0 saturated carbocycles. The van der Waals surface area contributed by atoms with Crippen molar-refractivity contribution in [3.05, 3.63) is 0 Å². The van der Waals surface area contributed by atoms with Crippen molar-refractivity contribution in [3.8, 4) is 0 Å². The van der Waals surface area contributed by atoms with Gasteiger partial charge in [0, 0.05) is 25.8 Å². The lowest BCUT2D eigenvalue weighted by Crippen LogP contribution is -2.41. The lowest BCUT2D eigenvalue weighted by molar-refractivity contribution is -0.142. The van der Waals surface area contributed by atoms with E-state index in [4.69, 9.17) is 10.8 Å². The number of carboxylic acid groups (broad SMARTS) is 2. The molecule has 336 valence electrons. The van der Waals surface area contributed by atoms with Crippen LogP contribution in [-0.2, 0) is 24.0 Å². The van der Waals surface area contributed by atoms with Gasteiger partial charge in [-0.25, -0.2) is 4.79 Å². The number of hydrogen-bond donors (Lipinski definition) is 6. The summed E-state index contributed by atoms with van der Waals surface area (Å²) >= 11 is 0. The highest BCUT2D eigenvalue weighted by atomic mass is 33.1. The molecule has 0 aliphatic carbocycles. The maximum atomic E-state index is 12.2. The average Bonchev–Trinajstić information content (AvgIpc) is 3.18. The highest BCUT2D eigenvalue weighted by Crippen LogP contribution is 2.15. The quantitative estimate of drug-likeness (QED) is 0.0208. The molecule has 16 heteroatoms. The highest BCUT2D eigenvalue weighted by Gasteiger charge is 2.21. The Bertz CT molecular complexity index is 877. The van der Waals surface area contributed by atoms with Gasteiger partial charge in [0.1, 0.15) is 12.1 Å². The van der Waals surface area contributed by atoms with Crippen LogP contribution in [0.3, 0.4) is 0 Å². The topological polar surface area (TPSA) is 188 Å². The van der Waals surface area contributed by atoms with Gasteiger partial charge in [-0.2, -0.15) is 0 Å². The molecule has 0 bridgehead atoms. The van der Waals surface area contributed by atoms with Gasteiger partial charge >= 0.3 is 11.9 Å². The Labute approximate surface area is 361 Å². The molecule has 2 unspecified atom stereocenters. The van der Waals surface area contributed by atoms with Gasteiger partial charge < -0.3 is 26.6 Å². The van der Waals surface area contributed by atoms with E-state index in [9.17, 15) is 29.1 Å². The summed E-state index contributed by atoms with van der Waals surface area (Å²) in [6.07, 6.45) is 30.5. The summed E-state index contributed by atoms with van der Waals surface area (Å²) in [6, 6.07) is -1.74. The van der Waals surface area contributed by atoms with E-state index in [0.29, 0.717) is 32.2 Å². The third kappa shape index (κ3) is 59.8. The van der Waals surface area contributed by atoms with Crippen molar-refractivity contribution < 1.29 is 34.2 Å². The van der Waals surface area contributed by atoms with E-state index in [2.05, 4.69) is 64.0 Å². The molecule has 0 aliphatic heterocycles. The zero-order valence-electron chi connectivity index (χ0n) is 36.6. The smallest absolute Gasteiger partial charge is 0.326 e. The average molecular weight is 893 g/mol. The number of aliphatic carboxylic acids is 2. The van der Waals surface area contributed by atoms with Crippen molar-refractivity contribution in [3.63, 3.8) is 0 Å². The van der Waals surface area contributed by atoms with Crippen LogP contribution in [0.15, 0.2) is 0 Å². The lowest BCUT2D eigenvalue weighted by atomic mass is 10.0. The van der Waals surface area contributed by atoms with Crippen LogP contribution in [0.5, 0.6) is 0 Å². The van der Waals surface area contributed by atoms with Gasteiger partial charge in [0.15, 0.2) is 0 Å². The molecule has 11 nitrogen and oxygen atoms in total. The molecule has 0 aromatic rings. The second-order valence-corrected chi connectivity index (χ2v) is 18.6. The van der Waals surface area contributed by atoms with Crippen molar-refractivity contribution in [2.24, 2.45) is 5.73 Å². The number of carboxylic acids is 2. The first kappa shape index (κ1) is 64.3. The summed E-state index contributed by atoms with van der Waals surface area (Å²) in [5.74, 6) is -2.87. The molecular weight excluding hydrogens is 808 g/mol. The molecule has 0 aliphatic rings. The van der Waals surface area contributed by atoms with E-state index in [0.717, 1.165) is 38.5 Å². The van der Waals surface area contributed by atoms with E-state index in [1.165, 1.54) is 70.6 Å². The molecule has 0 aromatic carbocycles. The van der Waals surface area contributed by atoms with Gasteiger partial charge in [-0.1, -0.05) is 177 Å². The summed E-state index contributed by atoms with van der Waals surface area (Å²) in [5.41, 5.74) is 5.14. The Kier molecular flexibility index (Phi) is 64.6. The zero-order valence-corrected chi connectivity index (χ0v) is 41.0. The van der Waals surface area contributed by atoms with Gasteiger partial charge in [0.2, 0.25) is 17.7 Å². The van der Waals surface area contributed by atoms with Crippen LogP contribution < -0.4 is 21.5 Å². The number of primary amides is 1. The van der Waals surface area contributed by atoms with Gasteiger partial charge in [0.25, 0.3) is 0 Å². The molecule has 0 spiro atoms. The second-order valence-electron chi connectivity index (χ2n) is 12.9. The van der Waals surface area contributed by atoms with Crippen LogP contribution in [0, 0.1) is 0 Å². The maximum Gasteiger partial charge on any atom is 0.326 e. The van der Waals surface area contributed by atoms with E-state index in [-0.39, 0.29) is 37.0 Å². The number of carbonyl (C=O) groups is 5. The van der Waals surface area contributed by atoms with Crippen molar-refractivity contribution in [2.45, 2.75) is 194 Å². The number of nitrogens with two attached hydrogens (primary N) is 1. The normalized spacial score (nSPS) is 11.0. The predicted octanol–water partition coefficient (Wildman–Crippen LogP) is 10.7. The molecule has 3 atom stereocenters. The van der Waals surface area contributed by atoms with Crippen LogP contribution in [-0.4, -0.2) is 83.5 Å². The summed E-state index contributed by atoms with van der Waals surface area (Å²) in [6.45, 7) is 8.63. The number of rotatable bonds is 33. The summed E-state index contributed by atoms with van der Waals surface area (Å²) in [7, 11) is 9.28. The fourth-order valence-electron chi connectivity index (χ4n) is 4.93. The molecule has 0 rings (SSSR count). The van der Waals surface area contributed by atoms with Crippen molar-refractivity contribution in [1.29, 1.82) is 0 Å². The van der Waals surface area contributed by atoms with Crippen LogP contribution >= 0.6 is 52.6 Å². The summed E-state index contributed by atoms with van der Waals surface area (Å²) < 4.78 is 0. The van der Waals surface area contributed by atoms with Gasteiger partial charge in [0.05, 0.1) is 0 Å². The fraction of sp³-hybridized carbons (Fsp3) is 0.875. The van der Waals surface area contributed by atoms with Gasteiger partial charge in [-0.05, 0) is 63.5 Å². The Hall–Kier alpha value is -0.860. The van der Waals surface area contributed by atoms with Crippen LogP contribution in [0.25, 0.3) is 0 Å². The number of unbranched alkanes of at least 4 members (excludes halogenated alkanes) is 16. The minimum atomic E-state index is -1.15. The maximum absolute atomic E-state index is 12.2. The van der Waals surface area contributed by atoms with E-state index >= 15 is 0 Å². The largest absolute Gasteiger partial charge is 0.480 e. The Morgan fingerprint density at radius 3 is 1.21 bits per heavy atom. The second kappa shape index (κ2) is 56.2. The summed E-state index contributed by atoms with van der Waals surface area (Å²) in [5, 5.41) is 26.3.